The quantitative estimate of drug-likeness (QED) is 0.852. The molecule has 1 heterocycles. The Morgan fingerprint density at radius 1 is 1.57 bits per heavy atom. The monoisotopic (exact) mass is 355 g/mol. The maximum absolute atomic E-state index is 12.5. The zero-order valence-corrected chi connectivity index (χ0v) is 14.5. The number of rotatable bonds is 5. The fraction of sp³-hybridized carbons (Fsp3) is 0.600. The van der Waals surface area contributed by atoms with Crippen LogP contribution in [-0.4, -0.2) is 36.7 Å². The highest BCUT2D eigenvalue weighted by atomic mass is 79.9. The van der Waals surface area contributed by atoms with Gasteiger partial charge in [0.05, 0.1) is 11.7 Å². The molecule has 1 saturated carbocycles. The summed E-state index contributed by atoms with van der Waals surface area (Å²) in [7, 11) is 1.76. The van der Waals surface area contributed by atoms with Crippen LogP contribution < -0.4 is 10.6 Å². The van der Waals surface area contributed by atoms with Crippen LogP contribution in [0, 0.1) is 5.41 Å². The second-order valence-electron chi connectivity index (χ2n) is 5.83. The highest BCUT2D eigenvalue weighted by Crippen LogP contribution is 2.42. The zero-order valence-electron chi connectivity index (χ0n) is 12.9. The fourth-order valence-corrected chi connectivity index (χ4v) is 2.99. The van der Waals surface area contributed by atoms with Gasteiger partial charge < -0.3 is 15.4 Å². The molecule has 0 bridgehead atoms. The number of anilines is 1. The van der Waals surface area contributed by atoms with E-state index < -0.39 is 0 Å². The van der Waals surface area contributed by atoms with Crippen molar-refractivity contribution in [2.75, 3.05) is 19.0 Å². The van der Waals surface area contributed by atoms with E-state index in [-0.39, 0.29) is 23.5 Å². The van der Waals surface area contributed by atoms with Crippen molar-refractivity contribution in [1.82, 2.24) is 10.3 Å². The molecule has 0 radical (unpaired) electrons. The first-order valence-electron chi connectivity index (χ1n) is 7.15. The van der Waals surface area contributed by atoms with Crippen molar-refractivity contribution >= 4 is 27.7 Å². The maximum atomic E-state index is 12.5. The molecule has 1 amide bonds. The van der Waals surface area contributed by atoms with Crippen molar-refractivity contribution in [3.8, 4) is 0 Å². The number of hydrogen-bond donors (Lipinski definition) is 2. The van der Waals surface area contributed by atoms with Gasteiger partial charge >= 0.3 is 0 Å². The molecule has 1 aromatic heterocycles. The number of ether oxygens (including phenoxy) is 1. The number of carbonyl (C=O) groups is 1. The molecule has 5 nitrogen and oxygen atoms in total. The standard InChI is InChI=1S/C15H22BrN3O2/c1-5-21-12-7-11(15(12,2)3)19-14(20)10-6-9(16)8-18-13(10)17-4/h6,8,11-12H,5,7H2,1-4H3,(H,17,18)(H,19,20). The molecular weight excluding hydrogens is 334 g/mol. The maximum Gasteiger partial charge on any atom is 0.255 e. The number of carbonyl (C=O) groups excluding carboxylic acids is 1. The summed E-state index contributed by atoms with van der Waals surface area (Å²) in [5.41, 5.74) is 0.493. The molecule has 0 aromatic carbocycles. The predicted octanol–water partition coefficient (Wildman–Crippen LogP) is 2.82. The largest absolute Gasteiger partial charge is 0.378 e. The molecule has 116 valence electrons. The van der Waals surface area contributed by atoms with Crippen molar-refractivity contribution in [2.45, 2.75) is 39.3 Å². The molecule has 2 unspecified atom stereocenters. The van der Waals surface area contributed by atoms with Crippen LogP contribution in [0.2, 0.25) is 0 Å². The summed E-state index contributed by atoms with van der Waals surface area (Å²) >= 11 is 3.35. The Hall–Kier alpha value is -1.14. The minimum absolute atomic E-state index is 0.0507. The molecule has 0 saturated heterocycles. The third-order valence-corrected chi connectivity index (χ3v) is 4.62. The van der Waals surface area contributed by atoms with Gasteiger partial charge in [-0.3, -0.25) is 4.79 Å². The summed E-state index contributed by atoms with van der Waals surface area (Å²) in [5, 5.41) is 6.04. The fourth-order valence-electron chi connectivity index (χ4n) is 2.66. The Morgan fingerprint density at radius 3 is 2.86 bits per heavy atom. The van der Waals surface area contributed by atoms with Gasteiger partial charge in [0.1, 0.15) is 5.82 Å². The van der Waals surface area contributed by atoms with E-state index in [4.69, 9.17) is 4.74 Å². The smallest absolute Gasteiger partial charge is 0.255 e. The van der Waals surface area contributed by atoms with Crippen LogP contribution in [0.3, 0.4) is 0 Å². The van der Waals surface area contributed by atoms with Crippen LogP contribution in [0.4, 0.5) is 5.82 Å². The Balaban J connectivity index is 2.08. The lowest BCUT2D eigenvalue weighted by Gasteiger charge is -2.51. The van der Waals surface area contributed by atoms with Gasteiger partial charge in [-0.1, -0.05) is 13.8 Å². The van der Waals surface area contributed by atoms with Gasteiger partial charge in [-0.25, -0.2) is 4.98 Å². The number of pyridine rings is 1. The molecule has 1 fully saturated rings. The lowest BCUT2D eigenvalue weighted by Crippen LogP contribution is -2.62. The Bertz CT molecular complexity index is 534. The van der Waals surface area contributed by atoms with E-state index in [1.54, 1.807) is 19.3 Å². The van der Waals surface area contributed by atoms with E-state index in [1.165, 1.54) is 0 Å². The molecule has 6 heteroatoms. The third kappa shape index (κ3) is 3.21. The van der Waals surface area contributed by atoms with Crippen LogP contribution in [0.15, 0.2) is 16.7 Å². The van der Waals surface area contributed by atoms with Gasteiger partial charge in [0.2, 0.25) is 0 Å². The molecule has 1 aromatic rings. The van der Waals surface area contributed by atoms with Crippen molar-refractivity contribution in [3.05, 3.63) is 22.3 Å². The summed E-state index contributed by atoms with van der Waals surface area (Å²) in [4.78, 5) is 16.7. The normalized spacial score (nSPS) is 23.3. The summed E-state index contributed by atoms with van der Waals surface area (Å²) < 4.78 is 6.48. The van der Waals surface area contributed by atoms with E-state index >= 15 is 0 Å². The molecular formula is C15H22BrN3O2. The second kappa shape index (κ2) is 6.32. The Labute approximate surface area is 134 Å². The average Bonchev–Trinajstić information content (AvgIpc) is 2.46. The van der Waals surface area contributed by atoms with Crippen molar-refractivity contribution in [1.29, 1.82) is 0 Å². The number of nitrogens with zero attached hydrogens (tertiary/aromatic N) is 1. The highest BCUT2D eigenvalue weighted by molar-refractivity contribution is 9.10. The molecule has 0 aliphatic heterocycles. The lowest BCUT2D eigenvalue weighted by molar-refractivity contribution is -0.111. The van der Waals surface area contributed by atoms with Gasteiger partial charge in [0, 0.05) is 35.8 Å². The van der Waals surface area contributed by atoms with E-state index in [0.29, 0.717) is 18.0 Å². The number of amides is 1. The van der Waals surface area contributed by atoms with Crippen molar-refractivity contribution in [2.24, 2.45) is 5.41 Å². The minimum Gasteiger partial charge on any atom is -0.378 e. The van der Waals surface area contributed by atoms with Crippen LogP contribution in [0.1, 0.15) is 37.6 Å². The predicted molar refractivity (Wildman–Crippen MR) is 86.5 cm³/mol. The molecule has 2 rings (SSSR count). The van der Waals surface area contributed by atoms with Gasteiger partial charge in [-0.05, 0) is 35.3 Å². The number of hydrogen-bond acceptors (Lipinski definition) is 4. The first kappa shape index (κ1) is 16.2. The minimum atomic E-state index is -0.110. The molecule has 2 N–H and O–H groups in total. The van der Waals surface area contributed by atoms with Gasteiger partial charge in [-0.15, -0.1) is 0 Å². The Morgan fingerprint density at radius 2 is 2.29 bits per heavy atom. The SMILES string of the molecule is CCOC1CC(NC(=O)c2cc(Br)cnc2NC)C1(C)C. The lowest BCUT2D eigenvalue weighted by atomic mass is 9.64. The van der Waals surface area contributed by atoms with Crippen molar-refractivity contribution < 1.29 is 9.53 Å². The molecule has 0 spiro atoms. The van der Waals surface area contributed by atoms with Crippen LogP contribution in [0.25, 0.3) is 0 Å². The van der Waals surface area contributed by atoms with Crippen LogP contribution in [0.5, 0.6) is 0 Å². The van der Waals surface area contributed by atoms with Crippen LogP contribution >= 0.6 is 15.9 Å². The molecule has 1 aliphatic carbocycles. The summed E-state index contributed by atoms with van der Waals surface area (Å²) in [6, 6.07) is 1.89. The summed E-state index contributed by atoms with van der Waals surface area (Å²) in [5.74, 6) is 0.468. The topological polar surface area (TPSA) is 63.2 Å². The second-order valence-corrected chi connectivity index (χ2v) is 6.74. The first-order chi connectivity index (χ1) is 9.90. The molecule has 21 heavy (non-hydrogen) atoms. The Kier molecular flexibility index (Phi) is 4.88. The molecule has 2 atom stereocenters. The summed E-state index contributed by atoms with van der Waals surface area (Å²) in [6.45, 7) is 6.95. The number of nitrogens with one attached hydrogen (secondary N) is 2. The number of aromatic nitrogens is 1. The van der Waals surface area contributed by atoms with E-state index in [9.17, 15) is 4.79 Å². The van der Waals surface area contributed by atoms with E-state index in [1.807, 2.05) is 6.92 Å². The van der Waals surface area contributed by atoms with Gasteiger partial charge in [-0.2, -0.15) is 0 Å². The molecule has 1 aliphatic rings. The van der Waals surface area contributed by atoms with Gasteiger partial charge in [0.25, 0.3) is 5.91 Å². The summed E-state index contributed by atoms with van der Waals surface area (Å²) in [6.07, 6.45) is 2.72. The van der Waals surface area contributed by atoms with Crippen molar-refractivity contribution in [3.63, 3.8) is 0 Å². The highest BCUT2D eigenvalue weighted by Gasteiger charge is 2.49. The van der Waals surface area contributed by atoms with E-state index in [0.717, 1.165) is 10.9 Å². The average molecular weight is 356 g/mol. The first-order valence-corrected chi connectivity index (χ1v) is 7.95. The zero-order chi connectivity index (χ0) is 15.6. The number of halogens is 1. The van der Waals surface area contributed by atoms with Gasteiger partial charge in [0.15, 0.2) is 0 Å². The third-order valence-electron chi connectivity index (χ3n) is 4.19. The van der Waals surface area contributed by atoms with E-state index in [2.05, 4.69) is 45.4 Å². The van der Waals surface area contributed by atoms with Crippen LogP contribution in [-0.2, 0) is 4.74 Å².